The second-order valence-electron chi connectivity index (χ2n) is 5.54. The molecule has 2 aromatic rings. The Kier molecular flexibility index (Phi) is 5.18. The number of benzene rings is 2. The third-order valence-electron chi connectivity index (χ3n) is 3.94. The Labute approximate surface area is 145 Å². The topological polar surface area (TPSA) is 65.1 Å². The van der Waals surface area contributed by atoms with Crippen molar-refractivity contribution in [3.05, 3.63) is 53.6 Å². The molecule has 0 bridgehead atoms. The summed E-state index contributed by atoms with van der Waals surface area (Å²) >= 11 is 0. The summed E-state index contributed by atoms with van der Waals surface area (Å²) < 4.78 is 16.2. The summed E-state index contributed by atoms with van der Waals surface area (Å²) in [7, 11) is 0. The van der Waals surface area contributed by atoms with Crippen molar-refractivity contribution in [2.24, 2.45) is 0 Å². The molecular weight excluding hydrogens is 322 g/mol. The maximum atomic E-state index is 12.4. The summed E-state index contributed by atoms with van der Waals surface area (Å²) in [6.45, 7) is 3.00. The number of amides is 1. The Morgan fingerprint density at radius 3 is 2.80 bits per heavy atom. The second-order valence-corrected chi connectivity index (χ2v) is 5.54. The molecule has 1 aliphatic heterocycles. The van der Waals surface area contributed by atoms with Gasteiger partial charge in [-0.15, -0.1) is 0 Å². The minimum atomic E-state index is -0.152. The van der Waals surface area contributed by atoms with Crippen LogP contribution in [-0.4, -0.2) is 37.0 Å². The van der Waals surface area contributed by atoms with Crippen molar-refractivity contribution in [2.45, 2.75) is 13.5 Å². The van der Waals surface area contributed by atoms with Crippen LogP contribution in [0.15, 0.2) is 42.5 Å². The number of carbonyl (C=O) groups excluding carboxylic acids is 2. The van der Waals surface area contributed by atoms with Gasteiger partial charge in [0.2, 0.25) is 6.79 Å². The zero-order chi connectivity index (χ0) is 17.6. The molecule has 25 heavy (non-hydrogen) atoms. The van der Waals surface area contributed by atoms with Crippen molar-refractivity contribution < 1.29 is 23.8 Å². The van der Waals surface area contributed by atoms with E-state index in [1.165, 1.54) is 0 Å². The van der Waals surface area contributed by atoms with Crippen LogP contribution in [0.2, 0.25) is 0 Å². The van der Waals surface area contributed by atoms with Gasteiger partial charge in [-0.05, 0) is 36.8 Å². The fraction of sp³-hybridized carbons (Fsp3) is 0.263. The van der Waals surface area contributed by atoms with E-state index < -0.39 is 0 Å². The van der Waals surface area contributed by atoms with Gasteiger partial charge < -0.3 is 19.1 Å². The number of rotatable bonds is 7. The van der Waals surface area contributed by atoms with Gasteiger partial charge in [-0.2, -0.15) is 0 Å². The predicted octanol–water partition coefficient (Wildman–Crippen LogP) is 2.66. The van der Waals surface area contributed by atoms with Gasteiger partial charge in [-0.25, -0.2) is 0 Å². The lowest BCUT2D eigenvalue weighted by molar-refractivity contribution is -0.133. The molecule has 0 aliphatic carbocycles. The number of fused-ring (bicyclic) bond motifs is 1. The van der Waals surface area contributed by atoms with Crippen molar-refractivity contribution in [3.8, 4) is 17.2 Å². The summed E-state index contributed by atoms with van der Waals surface area (Å²) in [6.07, 6.45) is 0.712. The number of likely N-dealkylation sites (N-methyl/N-ethyl adjacent to an activating group) is 1. The van der Waals surface area contributed by atoms with Crippen LogP contribution < -0.4 is 14.2 Å². The van der Waals surface area contributed by atoms with E-state index in [9.17, 15) is 9.59 Å². The Morgan fingerprint density at radius 1 is 1.20 bits per heavy atom. The SMILES string of the molecule is CCN(Cc1ccc2c(c1)OCO2)C(=O)COc1ccccc1C=O. The molecule has 1 amide bonds. The van der Waals surface area contributed by atoms with Crippen LogP contribution in [-0.2, 0) is 11.3 Å². The van der Waals surface area contributed by atoms with Crippen molar-refractivity contribution in [2.75, 3.05) is 19.9 Å². The maximum Gasteiger partial charge on any atom is 0.260 e. The molecular formula is C19H19NO5. The van der Waals surface area contributed by atoms with Crippen LogP contribution in [0.25, 0.3) is 0 Å². The van der Waals surface area contributed by atoms with Crippen molar-refractivity contribution in [1.29, 1.82) is 0 Å². The Hall–Kier alpha value is -3.02. The number of aldehydes is 1. The molecule has 0 atom stereocenters. The molecule has 1 heterocycles. The number of carbonyl (C=O) groups is 2. The summed E-state index contributed by atoms with van der Waals surface area (Å²) in [5, 5.41) is 0. The van der Waals surface area contributed by atoms with E-state index in [1.54, 1.807) is 29.2 Å². The van der Waals surface area contributed by atoms with Crippen molar-refractivity contribution >= 4 is 12.2 Å². The lowest BCUT2D eigenvalue weighted by Gasteiger charge is -2.21. The van der Waals surface area contributed by atoms with E-state index in [2.05, 4.69) is 0 Å². The minimum absolute atomic E-state index is 0.122. The van der Waals surface area contributed by atoms with Gasteiger partial charge in [0.25, 0.3) is 5.91 Å². The summed E-state index contributed by atoms with van der Waals surface area (Å²) in [4.78, 5) is 25.1. The highest BCUT2D eigenvalue weighted by Gasteiger charge is 2.17. The van der Waals surface area contributed by atoms with Gasteiger partial charge >= 0.3 is 0 Å². The molecule has 0 radical (unpaired) electrons. The molecule has 2 aromatic carbocycles. The second kappa shape index (κ2) is 7.70. The fourth-order valence-electron chi connectivity index (χ4n) is 2.58. The number of nitrogens with zero attached hydrogens (tertiary/aromatic N) is 1. The van der Waals surface area contributed by atoms with Crippen LogP contribution in [0.5, 0.6) is 17.2 Å². The normalized spacial score (nSPS) is 11.9. The van der Waals surface area contributed by atoms with E-state index in [0.717, 1.165) is 5.56 Å². The van der Waals surface area contributed by atoms with Crippen LogP contribution >= 0.6 is 0 Å². The third-order valence-corrected chi connectivity index (χ3v) is 3.94. The Balaban J connectivity index is 1.62. The highest BCUT2D eigenvalue weighted by Crippen LogP contribution is 2.32. The molecule has 0 saturated carbocycles. The van der Waals surface area contributed by atoms with Crippen molar-refractivity contribution in [1.82, 2.24) is 4.90 Å². The standard InChI is InChI=1S/C19H19NO5/c1-2-20(10-14-7-8-17-18(9-14)25-13-24-17)19(22)12-23-16-6-4-3-5-15(16)11-21/h3-9,11H,2,10,12-13H2,1H3. The van der Waals surface area contributed by atoms with E-state index >= 15 is 0 Å². The van der Waals surface area contributed by atoms with Gasteiger partial charge in [-0.1, -0.05) is 18.2 Å². The van der Waals surface area contributed by atoms with Gasteiger partial charge in [-0.3, -0.25) is 9.59 Å². The zero-order valence-corrected chi connectivity index (χ0v) is 13.9. The molecule has 0 unspecified atom stereocenters. The molecule has 1 aliphatic rings. The van der Waals surface area contributed by atoms with Crippen LogP contribution in [0.4, 0.5) is 0 Å². The molecule has 0 fully saturated rings. The van der Waals surface area contributed by atoms with Gasteiger partial charge in [0, 0.05) is 13.1 Å². The molecule has 6 heteroatoms. The largest absolute Gasteiger partial charge is 0.483 e. The average molecular weight is 341 g/mol. The first-order valence-electron chi connectivity index (χ1n) is 8.04. The number of hydrogen-bond acceptors (Lipinski definition) is 5. The van der Waals surface area contributed by atoms with E-state index in [-0.39, 0.29) is 19.3 Å². The number of para-hydroxylation sites is 1. The summed E-state index contributed by atoms with van der Waals surface area (Å²) in [5.74, 6) is 1.66. The Bertz CT molecular complexity index is 774. The van der Waals surface area contributed by atoms with Gasteiger partial charge in [0.1, 0.15) is 5.75 Å². The molecule has 0 spiro atoms. The molecule has 0 aromatic heterocycles. The zero-order valence-electron chi connectivity index (χ0n) is 13.9. The minimum Gasteiger partial charge on any atom is -0.483 e. The predicted molar refractivity (Wildman–Crippen MR) is 91.0 cm³/mol. The molecule has 0 N–H and O–H groups in total. The van der Waals surface area contributed by atoms with E-state index in [0.29, 0.717) is 42.2 Å². The van der Waals surface area contributed by atoms with Crippen molar-refractivity contribution in [3.63, 3.8) is 0 Å². The number of hydrogen-bond donors (Lipinski definition) is 0. The molecule has 3 rings (SSSR count). The quantitative estimate of drug-likeness (QED) is 0.725. The first-order chi connectivity index (χ1) is 12.2. The van der Waals surface area contributed by atoms with Crippen LogP contribution in [0, 0.1) is 0 Å². The van der Waals surface area contributed by atoms with Gasteiger partial charge in [0.05, 0.1) is 5.56 Å². The first-order valence-corrected chi connectivity index (χ1v) is 8.04. The smallest absolute Gasteiger partial charge is 0.260 e. The monoisotopic (exact) mass is 341 g/mol. The lowest BCUT2D eigenvalue weighted by Crippen LogP contribution is -2.34. The van der Waals surface area contributed by atoms with Gasteiger partial charge in [0.15, 0.2) is 24.4 Å². The summed E-state index contributed by atoms with van der Waals surface area (Å²) in [5.41, 5.74) is 1.38. The highest BCUT2D eigenvalue weighted by molar-refractivity contribution is 5.80. The third kappa shape index (κ3) is 3.91. The summed E-state index contributed by atoms with van der Waals surface area (Å²) in [6, 6.07) is 12.5. The fourth-order valence-corrected chi connectivity index (χ4v) is 2.58. The first kappa shape index (κ1) is 16.8. The lowest BCUT2D eigenvalue weighted by atomic mass is 10.2. The van der Waals surface area contributed by atoms with Crippen LogP contribution in [0.3, 0.4) is 0 Å². The van der Waals surface area contributed by atoms with E-state index in [1.807, 2.05) is 25.1 Å². The molecule has 130 valence electrons. The molecule has 0 saturated heterocycles. The Morgan fingerprint density at radius 2 is 2.00 bits per heavy atom. The van der Waals surface area contributed by atoms with Crippen LogP contribution in [0.1, 0.15) is 22.8 Å². The molecule has 6 nitrogen and oxygen atoms in total. The number of ether oxygens (including phenoxy) is 3. The van der Waals surface area contributed by atoms with E-state index in [4.69, 9.17) is 14.2 Å². The highest BCUT2D eigenvalue weighted by atomic mass is 16.7. The average Bonchev–Trinajstić information content (AvgIpc) is 3.12. The maximum absolute atomic E-state index is 12.4.